The molecule has 1 aliphatic rings. The molecule has 6 heteroatoms. The lowest BCUT2D eigenvalue weighted by Crippen LogP contribution is -2.51. The average Bonchev–Trinajstić information content (AvgIpc) is 3.16. The van der Waals surface area contributed by atoms with Gasteiger partial charge in [0, 0.05) is 37.6 Å². The van der Waals surface area contributed by atoms with Crippen molar-refractivity contribution < 1.29 is 9.59 Å². The number of hydrogen-bond acceptors (Lipinski definition) is 5. The molecule has 1 N–H and O–H groups in total. The standard InChI is InChI=1S/C21H27N3O2S/c1-17(25)20(14-18-6-3-2-4-7-18)22-21(26)16-24-11-9-23(10-12-24)15-19-8-5-13-27-19/h2-8,13,20H,9-12,14-16H2,1H3,(H,22,26)/t20-/m1/s1. The summed E-state index contributed by atoms with van der Waals surface area (Å²) in [5.74, 6) is -0.0780. The molecule has 0 unspecified atom stereocenters. The van der Waals surface area contributed by atoms with Crippen LogP contribution in [0.2, 0.25) is 0 Å². The van der Waals surface area contributed by atoms with Gasteiger partial charge in [0.05, 0.1) is 12.6 Å². The predicted molar refractivity (Wildman–Crippen MR) is 109 cm³/mol. The molecule has 3 rings (SSSR count). The van der Waals surface area contributed by atoms with Crippen LogP contribution in [0.4, 0.5) is 0 Å². The van der Waals surface area contributed by atoms with Crippen LogP contribution in [0.1, 0.15) is 17.4 Å². The average molecular weight is 386 g/mol. The predicted octanol–water partition coefficient (Wildman–Crippen LogP) is 2.18. The Balaban J connectivity index is 1.43. The van der Waals surface area contributed by atoms with Crippen molar-refractivity contribution >= 4 is 23.0 Å². The second-order valence-electron chi connectivity index (χ2n) is 7.05. The van der Waals surface area contributed by atoms with Crippen LogP contribution >= 0.6 is 11.3 Å². The second-order valence-corrected chi connectivity index (χ2v) is 8.08. The number of carbonyl (C=O) groups is 2. The number of Topliss-reactive ketones (excluding diaryl/α,β-unsaturated/α-hetero) is 1. The molecule has 1 fully saturated rings. The summed E-state index contributed by atoms with van der Waals surface area (Å²) < 4.78 is 0. The second kappa shape index (κ2) is 9.78. The summed E-state index contributed by atoms with van der Waals surface area (Å²) >= 11 is 1.79. The van der Waals surface area contributed by atoms with Crippen LogP contribution in [-0.4, -0.2) is 60.3 Å². The first-order valence-corrected chi connectivity index (χ1v) is 10.3. The van der Waals surface area contributed by atoms with Gasteiger partial charge < -0.3 is 5.32 Å². The Kier molecular flexibility index (Phi) is 7.15. The lowest BCUT2D eigenvalue weighted by Gasteiger charge is -2.34. The number of nitrogens with one attached hydrogen (secondary N) is 1. The van der Waals surface area contributed by atoms with Gasteiger partial charge in [-0.1, -0.05) is 36.4 Å². The molecule has 1 aliphatic heterocycles. The first kappa shape index (κ1) is 19.7. The van der Waals surface area contributed by atoms with Gasteiger partial charge in [0.1, 0.15) is 0 Å². The topological polar surface area (TPSA) is 52.7 Å². The molecule has 144 valence electrons. The quantitative estimate of drug-likeness (QED) is 0.757. The highest BCUT2D eigenvalue weighted by atomic mass is 32.1. The Morgan fingerprint density at radius 2 is 1.74 bits per heavy atom. The Bertz CT molecular complexity index is 725. The minimum Gasteiger partial charge on any atom is -0.345 e. The van der Waals surface area contributed by atoms with Crippen LogP contribution in [0, 0.1) is 0 Å². The highest BCUT2D eigenvalue weighted by Crippen LogP contribution is 2.13. The molecule has 27 heavy (non-hydrogen) atoms. The molecule has 1 amide bonds. The molecular weight excluding hydrogens is 358 g/mol. The maximum absolute atomic E-state index is 12.4. The molecule has 1 saturated heterocycles. The third-order valence-electron chi connectivity index (χ3n) is 4.90. The first-order valence-electron chi connectivity index (χ1n) is 9.41. The van der Waals surface area contributed by atoms with Gasteiger partial charge >= 0.3 is 0 Å². The van der Waals surface area contributed by atoms with E-state index in [-0.39, 0.29) is 11.7 Å². The number of nitrogens with zero attached hydrogens (tertiary/aromatic N) is 2. The van der Waals surface area contributed by atoms with Crippen LogP contribution in [0.3, 0.4) is 0 Å². The van der Waals surface area contributed by atoms with Gasteiger partial charge in [0.15, 0.2) is 5.78 Å². The Labute approximate surface area is 165 Å². The number of hydrogen-bond donors (Lipinski definition) is 1. The zero-order valence-electron chi connectivity index (χ0n) is 15.8. The highest BCUT2D eigenvalue weighted by Gasteiger charge is 2.22. The summed E-state index contributed by atoms with van der Waals surface area (Å²) in [6.45, 7) is 6.56. The number of benzene rings is 1. The SMILES string of the molecule is CC(=O)[C@@H](Cc1ccccc1)NC(=O)CN1CCN(Cc2cccs2)CC1. The Hall–Kier alpha value is -2.02. The summed E-state index contributed by atoms with van der Waals surface area (Å²) in [5.41, 5.74) is 1.06. The van der Waals surface area contributed by atoms with Gasteiger partial charge in [0.2, 0.25) is 5.91 Å². The van der Waals surface area contributed by atoms with Crippen LogP contribution in [0.25, 0.3) is 0 Å². The molecule has 0 bridgehead atoms. The molecule has 0 saturated carbocycles. The van der Waals surface area contributed by atoms with Crippen molar-refractivity contribution in [1.29, 1.82) is 0 Å². The monoisotopic (exact) mass is 385 g/mol. The van der Waals surface area contributed by atoms with E-state index in [0.29, 0.717) is 13.0 Å². The molecule has 1 aromatic heterocycles. The fourth-order valence-electron chi connectivity index (χ4n) is 3.32. The molecule has 0 spiro atoms. The van der Waals surface area contributed by atoms with E-state index in [1.54, 1.807) is 11.3 Å². The molecule has 0 radical (unpaired) electrons. The van der Waals surface area contributed by atoms with Crippen molar-refractivity contribution in [3.8, 4) is 0 Å². The molecule has 0 aliphatic carbocycles. The number of ketones is 1. The Morgan fingerprint density at radius 1 is 1.04 bits per heavy atom. The number of piperazine rings is 1. The zero-order chi connectivity index (χ0) is 19.1. The maximum Gasteiger partial charge on any atom is 0.234 e. The van der Waals surface area contributed by atoms with E-state index in [1.165, 1.54) is 11.8 Å². The normalized spacial score (nSPS) is 16.8. The van der Waals surface area contributed by atoms with Crippen LogP contribution in [-0.2, 0) is 22.6 Å². The molecule has 1 atom stereocenters. The molecule has 2 heterocycles. The van der Waals surface area contributed by atoms with Crippen LogP contribution in [0.15, 0.2) is 47.8 Å². The summed E-state index contributed by atoms with van der Waals surface area (Å²) in [7, 11) is 0. The largest absolute Gasteiger partial charge is 0.345 e. The fourth-order valence-corrected chi connectivity index (χ4v) is 4.06. The summed E-state index contributed by atoms with van der Waals surface area (Å²) in [6.07, 6.45) is 0.538. The van der Waals surface area contributed by atoms with Crippen LogP contribution in [0.5, 0.6) is 0 Å². The molecule has 5 nitrogen and oxygen atoms in total. The summed E-state index contributed by atoms with van der Waals surface area (Å²) in [4.78, 5) is 30.3. The summed E-state index contributed by atoms with van der Waals surface area (Å²) in [6, 6.07) is 13.6. The van der Waals surface area contributed by atoms with E-state index in [9.17, 15) is 9.59 Å². The number of rotatable bonds is 8. The van der Waals surface area contributed by atoms with Crippen molar-refractivity contribution in [1.82, 2.24) is 15.1 Å². The third-order valence-corrected chi connectivity index (χ3v) is 5.76. The highest BCUT2D eigenvalue weighted by molar-refractivity contribution is 7.09. The van der Waals surface area contributed by atoms with E-state index in [4.69, 9.17) is 0 Å². The molecule has 1 aromatic carbocycles. The number of thiophene rings is 1. The first-order chi connectivity index (χ1) is 13.1. The minimum absolute atomic E-state index is 0.00651. The lowest BCUT2D eigenvalue weighted by molar-refractivity contribution is -0.127. The van der Waals surface area contributed by atoms with Gasteiger partial charge in [-0.05, 0) is 30.4 Å². The van der Waals surface area contributed by atoms with Crippen molar-refractivity contribution in [3.63, 3.8) is 0 Å². The fraction of sp³-hybridized carbons (Fsp3) is 0.429. The van der Waals surface area contributed by atoms with E-state index < -0.39 is 6.04 Å². The van der Waals surface area contributed by atoms with Crippen molar-refractivity contribution in [2.75, 3.05) is 32.7 Å². The zero-order valence-corrected chi connectivity index (χ0v) is 16.6. The van der Waals surface area contributed by atoms with Crippen molar-refractivity contribution in [3.05, 3.63) is 58.3 Å². The smallest absolute Gasteiger partial charge is 0.234 e. The van der Waals surface area contributed by atoms with E-state index >= 15 is 0 Å². The van der Waals surface area contributed by atoms with Crippen LogP contribution < -0.4 is 5.32 Å². The van der Waals surface area contributed by atoms with E-state index in [2.05, 4.69) is 32.6 Å². The number of amides is 1. The van der Waals surface area contributed by atoms with E-state index in [0.717, 1.165) is 38.3 Å². The number of carbonyl (C=O) groups excluding carboxylic acids is 2. The molecular formula is C21H27N3O2S. The minimum atomic E-state index is -0.458. The summed E-state index contributed by atoms with van der Waals surface area (Å²) in [5, 5.41) is 5.03. The van der Waals surface area contributed by atoms with Gasteiger partial charge in [-0.3, -0.25) is 19.4 Å². The van der Waals surface area contributed by atoms with Gasteiger partial charge in [0.25, 0.3) is 0 Å². The van der Waals surface area contributed by atoms with E-state index in [1.807, 2.05) is 30.3 Å². The Morgan fingerprint density at radius 3 is 2.37 bits per heavy atom. The van der Waals surface area contributed by atoms with Gasteiger partial charge in [-0.15, -0.1) is 11.3 Å². The van der Waals surface area contributed by atoms with Crippen molar-refractivity contribution in [2.45, 2.75) is 25.9 Å². The third kappa shape index (κ3) is 6.27. The van der Waals surface area contributed by atoms with Crippen molar-refractivity contribution in [2.24, 2.45) is 0 Å². The van der Waals surface area contributed by atoms with Gasteiger partial charge in [-0.25, -0.2) is 0 Å². The van der Waals surface area contributed by atoms with Gasteiger partial charge in [-0.2, -0.15) is 0 Å². The lowest BCUT2D eigenvalue weighted by atomic mass is 10.0. The molecule has 2 aromatic rings. The maximum atomic E-state index is 12.4.